The Hall–Kier alpha value is -2.10. The van der Waals surface area contributed by atoms with Crippen LogP contribution < -0.4 is 0 Å². The zero-order chi connectivity index (χ0) is 18.0. The highest BCUT2D eigenvalue weighted by atomic mass is 16.4. The monoisotopic (exact) mass is 340 g/mol. The number of benzene rings is 1. The van der Waals surface area contributed by atoms with Gasteiger partial charge in [0, 0.05) is 23.7 Å². The lowest BCUT2D eigenvalue weighted by molar-refractivity contribution is 0.0697. The van der Waals surface area contributed by atoms with Gasteiger partial charge in [0.15, 0.2) is 0 Å². The summed E-state index contributed by atoms with van der Waals surface area (Å²) < 4.78 is 2.33. The van der Waals surface area contributed by atoms with Crippen LogP contribution in [0.15, 0.2) is 30.5 Å². The molecular weight excluding hydrogens is 312 g/mol. The maximum absolute atomic E-state index is 11.0. The van der Waals surface area contributed by atoms with E-state index >= 15 is 0 Å². The number of rotatable bonds is 4. The second kappa shape index (κ2) is 7.03. The zero-order valence-electron chi connectivity index (χ0n) is 15.5. The molecule has 4 heteroatoms. The Balaban J connectivity index is 1.91. The van der Waals surface area contributed by atoms with Crippen molar-refractivity contribution in [3.63, 3.8) is 0 Å². The summed E-state index contributed by atoms with van der Waals surface area (Å²) in [6, 6.07) is 7.00. The number of aromatic carboxylic acids is 1. The molecule has 1 aliphatic rings. The predicted octanol–water partition coefficient (Wildman–Crippen LogP) is 5.13. The Morgan fingerprint density at radius 1 is 1.16 bits per heavy atom. The van der Waals surface area contributed by atoms with Crippen LogP contribution in [-0.4, -0.2) is 20.6 Å². The van der Waals surface area contributed by atoms with Gasteiger partial charge >= 0.3 is 5.97 Å². The van der Waals surface area contributed by atoms with Crippen LogP contribution in [0.3, 0.4) is 0 Å². The van der Waals surface area contributed by atoms with Crippen molar-refractivity contribution in [2.24, 2.45) is 5.92 Å². The molecule has 4 nitrogen and oxygen atoms in total. The average molecular weight is 340 g/mol. The van der Waals surface area contributed by atoms with Crippen LogP contribution in [0.4, 0.5) is 0 Å². The topological polar surface area (TPSA) is 55.1 Å². The molecule has 0 aliphatic heterocycles. The summed E-state index contributed by atoms with van der Waals surface area (Å²) in [7, 11) is 0. The summed E-state index contributed by atoms with van der Waals surface area (Å²) in [5.74, 6) is 0.950. The third kappa shape index (κ3) is 4.12. The number of carboxylic acids is 1. The molecule has 0 amide bonds. The van der Waals surface area contributed by atoms with Crippen LogP contribution in [0.1, 0.15) is 69.1 Å². The lowest BCUT2D eigenvalue weighted by Crippen LogP contribution is -2.22. The van der Waals surface area contributed by atoms with E-state index in [0.29, 0.717) is 5.56 Å². The summed E-state index contributed by atoms with van der Waals surface area (Å²) in [4.78, 5) is 15.9. The number of carbonyl (C=O) groups is 1. The van der Waals surface area contributed by atoms with Crippen molar-refractivity contribution >= 4 is 5.97 Å². The number of carboxylic acid groups (broad SMARTS) is 1. The third-order valence-corrected chi connectivity index (χ3v) is 5.05. The Kier molecular flexibility index (Phi) is 4.98. The molecule has 0 unspecified atom stereocenters. The van der Waals surface area contributed by atoms with Gasteiger partial charge < -0.3 is 9.67 Å². The maximum atomic E-state index is 11.0. The van der Waals surface area contributed by atoms with E-state index in [1.807, 2.05) is 12.1 Å². The summed E-state index contributed by atoms with van der Waals surface area (Å²) in [5.41, 5.74) is 2.19. The Labute approximate surface area is 149 Å². The molecule has 2 aromatic rings. The number of imidazole rings is 1. The van der Waals surface area contributed by atoms with E-state index in [4.69, 9.17) is 10.1 Å². The van der Waals surface area contributed by atoms with E-state index in [1.165, 1.54) is 32.1 Å². The van der Waals surface area contributed by atoms with Gasteiger partial charge in [0.2, 0.25) is 0 Å². The summed E-state index contributed by atoms with van der Waals surface area (Å²) in [6.45, 7) is 7.63. The van der Waals surface area contributed by atoms with Crippen molar-refractivity contribution in [2.75, 3.05) is 0 Å². The number of aromatic nitrogens is 2. The van der Waals surface area contributed by atoms with E-state index in [1.54, 1.807) is 12.1 Å². The summed E-state index contributed by atoms with van der Waals surface area (Å²) in [6.07, 6.45) is 8.81. The van der Waals surface area contributed by atoms with Crippen molar-refractivity contribution in [2.45, 2.75) is 64.8 Å². The normalized spacial score (nSPS) is 16.1. The minimum absolute atomic E-state index is 0.0199. The zero-order valence-corrected chi connectivity index (χ0v) is 15.5. The van der Waals surface area contributed by atoms with Crippen LogP contribution in [0.2, 0.25) is 0 Å². The molecule has 1 aromatic heterocycles. The van der Waals surface area contributed by atoms with Gasteiger partial charge in [-0.05, 0) is 30.9 Å². The number of nitrogens with zero attached hydrogens (tertiary/aromatic N) is 2. The van der Waals surface area contributed by atoms with E-state index in [9.17, 15) is 4.79 Å². The summed E-state index contributed by atoms with van der Waals surface area (Å²) >= 11 is 0. The first-order valence-electron chi connectivity index (χ1n) is 9.26. The average Bonchev–Trinajstić information content (AvgIpc) is 3.00. The molecular formula is C21H28N2O2. The smallest absolute Gasteiger partial charge is 0.335 e. The van der Waals surface area contributed by atoms with Crippen LogP contribution in [0.25, 0.3) is 11.3 Å². The van der Waals surface area contributed by atoms with E-state index in [-0.39, 0.29) is 5.41 Å². The third-order valence-electron chi connectivity index (χ3n) is 5.05. The highest BCUT2D eigenvalue weighted by molar-refractivity contribution is 5.88. The molecule has 0 radical (unpaired) electrons. The number of hydrogen-bond donors (Lipinski definition) is 1. The summed E-state index contributed by atoms with van der Waals surface area (Å²) in [5, 5.41) is 9.06. The van der Waals surface area contributed by atoms with Crippen LogP contribution in [-0.2, 0) is 12.0 Å². The lowest BCUT2D eigenvalue weighted by Gasteiger charge is -2.25. The Bertz CT molecular complexity index is 732. The molecule has 1 fully saturated rings. The highest BCUT2D eigenvalue weighted by Crippen LogP contribution is 2.30. The first-order chi connectivity index (χ1) is 11.8. The quantitative estimate of drug-likeness (QED) is 0.840. The fourth-order valence-corrected chi connectivity index (χ4v) is 3.72. The molecule has 0 atom stereocenters. The van der Waals surface area contributed by atoms with Gasteiger partial charge in [0.25, 0.3) is 0 Å². The van der Waals surface area contributed by atoms with Crippen LogP contribution in [0, 0.1) is 5.92 Å². The molecule has 3 rings (SSSR count). The van der Waals surface area contributed by atoms with Crippen molar-refractivity contribution in [1.29, 1.82) is 0 Å². The van der Waals surface area contributed by atoms with E-state index in [2.05, 4.69) is 31.5 Å². The molecule has 0 bridgehead atoms. The largest absolute Gasteiger partial charge is 0.478 e. The molecule has 1 saturated carbocycles. The molecule has 0 saturated heterocycles. The first-order valence-corrected chi connectivity index (χ1v) is 9.26. The van der Waals surface area contributed by atoms with Crippen LogP contribution in [0.5, 0.6) is 0 Å². The van der Waals surface area contributed by atoms with Gasteiger partial charge in [-0.3, -0.25) is 0 Å². The predicted molar refractivity (Wildman–Crippen MR) is 99.9 cm³/mol. The molecule has 25 heavy (non-hydrogen) atoms. The Morgan fingerprint density at radius 2 is 1.80 bits per heavy atom. The SMILES string of the molecule is CC(C)(C)c1nc(-c2ccc(C(=O)O)cc2)cn1CC1CCCCC1. The minimum atomic E-state index is -0.898. The molecule has 1 N–H and O–H groups in total. The van der Waals surface area contributed by atoms with Crippen molar-refractivity contribution in [3.05, 3.63) is 41.9 Å². The fourth-order valence-electron chi connectivity index (χ4n) is 3.72. The van der Waals surface area contributed by atoms with Crippen molar-refractivity contribution in [1.82, 2.24) is 9.55 Å². The highest BCUT2D eigenvalue weighted by Gasteiger charge is 2.24. The van der Waals surface area contributed by atoms with E-state index < -0.39 is 5.97 Å². The lowest BCUT2D eigenvalue weighted by atomic mass is 9.88. The first kappa shape index (κ1) is 17.7. The van der Waals surface area contributed by atoms with Gasteiger partial charge in [0.05, 0.1) is 11.3 Å². The number of hydrogen-bond acceptors (Lipinski definition) is 2. The molecule has 134 valence electrons. The molecule has 1 aromatic carbocycles. The molecule has 0 spiro atoms. The maximum Gasteiger partial charge on any atom is 0.335 e. The van der Waals surface area contributed by atoms with Gasteiger partial charge in [-0.1, -0.05) is 52.2 Å². The van der Waals surface area contributed by atoms with Gasteiger partial charge in [0.1, 0.15) is 5.82 Å². The van der Waals surface area contributed by atoms with Gasteiger partial charge in [-0.25, -0.2) is 9.78 Å². The van der Waals surface area contributed by atoms with E-state index in [0.717, 1.165) is 29.5 Å². The standard InChI is InChI=1S/C21H28N2O2/c1-21(2,3)20-22-18(16-9-11-17(12-10-16)19(24)25)14-23(20)13-15-7-5-4-6-8-15/h9-12,14-15H,4-8,13H2,1-3H3,(H,24,25). The second-order valence-electron chi connectivity index (χ2n) is 8.24. The van der Waals surface area contributed by atoms with Gasteiger partial charge in [-0.15, -0.1) is 0 Å². The Morgan fingerprint density at radius 3 is 2.36 bits per heavy atom. The molecule has 1 aliphatic carbocycles. The second-order valence-corrected chi connectivity index (χ2v) is 8.24. The minimum Gasteiger partial charge on any atom is -0.478 e. The van der Waals surface area contributed by atoms with Crippen molar-refractivity contribution < 1.29 is 9.90 Å². The fraction of sp³-hybridized carbons (Fsp3) is 0.524. The van der Waals surface area contributed by atoms with Crippen molar-refractivity contribution in [3.8, 4) is 11.3 Å². The van der Waals surface area contributed by atoms with Crippen LogP contribution >= 0.6 is 0 Å². The van der Waals surface area contributed by atoms with Gasteiger partial charge in [-0.2, -0.15) is 0 Å². The molecule has 1 heterocycles.